The maximum atomic E-state index is 11.8. The predicted octanol–water partition coefficient (Wildman–Crippen LogP) is 2.82. The van der Waals surface area contributed by atoms with Crippen LogP contribution in [0.15, 0.2) is 66.3 Å². The third-order valence-electron chi connectivity index (χ3n) is 3.21. The number of anilines is 1. The lowest BCUT2D eigenvalue weighted by Crippen LogP contribution is -2.25. The maximum Gasteiger partial charge on any atom is 0.259 e. The van der Waals surface area contributed by atoms with E-state index in [1.54, 1.807) is 19.4 Å². The third-order valence-corrected chi connectivity index (χ3v) is 3.21. The van der Waals surface area contributed by atoms with E-state index in [9.17, 15) is 4.79 Å². The summed E-state index contributed by atoms with van der Waals surface area (Å²) in [5.41, 5.74) is 4.07. The Labute approximate surface area is 147 Å². The number of benzene rings is 2. The van der Waals surface area contributed by atoms with E-state index in [0.29, 0.717) is 12.4 Å². The number of carbonyl (C=O) groups excluding carboxylic acids is 1. The molecule has 6 heteroatoms. The number of methoxy groups -OCH3 is 1. The minimum Gasteiger partial charge on any atom is -0.497 e. The summed E-state index contributed by atoms with van der Waals surface area (Å²) in [4.78, 5) is 11.8. The van der Waals surface area contributed by atoms with Crippen LogP contribution in [0.2, 0.25) is 0 Å². The molecule has 0 aliphatic heterocycles. The van der Waals surface area contributed by atoms with Gasteiger partial charge in [0, 0.05) is 11.3 Å². The van der Waals surface area contributed by atoms with E-state index in [4.69, 9.17) is 9.47 Å². The van der Waals surface area contributed by atoms with Crippen molar-refractivity contribution in [3.63, 3.8) is 0 Å². The Morgan fingerprint density at radius 1 is 1.20 bits per heavy atom. The van der Waals surface area contributed by atoms with Gasteiger partial charge in [0.25, 0.3) is 5.91 Å². The average molecular weight is 339 g/mol. The molecular formula is C19H21N3O3. The summed E-state index contributed by atoms with van der Waals surface area (Å²) in [5.74, 6) is 1.19. The Morgan fingerprint density at radius 2 is 1.96 bits per heavy atom. The second-order valence-electron chi connectivity index (χ2n) is 5.01. The van der Waals surface area contributed by atoms with Gasteiger partial charge in [-0.15, -0.1) is 0 Å². The number of ether oxygens (including phenoxy) is 2. The molecule has 0 atom stereocenters. The molecule has 130 valence electrons. The standard InChI is InChI=1S/C19H21N3O3/c1-3-12-25-18-7-5-4-6-15(18)13-21-22-19(23)14-20-16-8-10-17(24-2)11-9-16/h3-11,13,20H,1,12,14H2,2H3,(H,22,23)/b21-13-. The molecule has 0 aliphatic rings. The molecule has 2 N–H and O–H groups in total. The average Bonchev–Trinajstić information content (AvgIpc) is 2.66. The van der Waals surface area contributed by atoms with E-state index in [1.165, 1.54) is 0 Å². The molecule has 0 spiro atoms. The molecule has 0 bridgehead atoms. The first kappa shape index (κ1) is 18.1. The summed E-state index contributed by atoms with van der Waals surface area (Å²) in [6.45, 7) is 4.13. The Kier molecular flexibility index (Phi) is 7.06. The van der Waals surface area contributed by atoms with Crippen molar-refractivity contribution < 1.29 is 14.3 Å². The molecule has 2 rings (SSSR count). The van der Waals surface area contributed by atoms with Gasteiger partial charge in [-0.3, -0.25) is 4.79 Å². The van der Waals surface area contributed by atoms with Crippen molar-refractivity contribution in [2.24, 2.45) is 5.10 Å². The van der Waals surface area contributed by atoms with Crippen LogP contribution in [0.1, 0.15) is 5.56 Å². The summed E-state index contributed by atoms with van der Waals surface area (Å²) >= 11 is 0. The zero-order chi connectivity index (χ0) is 17.9. The number of rotatable bonds is 9. The number of amides is 1. The SMILES string of the molecule is C=CCOc1ccccc1/C=N\NC(=O)CNc1ccc(OC)cc1. The lowest BCUT2D eigenvalue weighted by Gasteiger charge is -2.07. The second kappa shape index (κ2) is 9.77. The lowest BCUT2D eigenvalue weighted by atomic mass is 10.2. The first-order chi connectivity index (χ1) is 12.2. The quantitative estimate of drug-likeness (QED) is 0.419. The molecule has 0 heterocycles. The Morgan fingerprint density at radius 3 is 2.68 bits per heavy atom. The van der Waals surface area contributed by atoms with Crippen LogP contribution >= 0.6 is 0 Å². The largest absolute Gasteiger partial charge is 0.497 e. The van der Waals surface area contributed by atoms with Crippen LogP contribution in [0, 0.1) is 0 Å². The molecule has 0 saturated heterocycles. The normalized spacial score (nSPS) is 10.3. The molecule has 0 saturated carbocycles. The number of hydrogen-bond acceptors (Lipinski definition) is 5. The fraction of sp³-hybridized carbons (Fsp3) is 0.158. The second-order valence-corrected chi connectivity index (χ2v) is 5.01. The van der Waals surface area contributed by atoms with E-state index < -0.39 is 0 Å². The number of carbonyl (C=O) groups is 1. The third kappa shape index (κ3) is 6.02. The summed E-state index contributed by atoms with van der Waals surface area (Å²) in [7, 11) is 1.61. The Bertz CT molecular complexity index is 727. The molecular weight excluding hydrogens is 318 g/mol. The van der Waals surface area contributed by atoms with Crippen LogP contribution in [0.3, 0.4) is 0 Å². The molecule has 0 aliphatic carbocycles. The molecule has 2 aromatic carbocycles. The van der Waals surface area contributed by atoms with E-state index in [1.807, 2.05) is 48.5 Å². The fourth-order valence-corrected chi connectivity index (χ4v) is 1.97. The summed E-state index contributed by atoms with van der Waals surface area (Å²) in [6, 6.07) is 14.7. The Hall–Kier alpha value is -3.28. The molecule has 0 unspecified atom stereocenters. The van der Waals surface area contributed by atoms with Gasteiger partial charge in [-0.25, -0.2) is 5.43 Å². The molecule has 2 aromatic rings. The van der Waals surface area contributed by atoms with Gasteiger partial charge in [-0.05, 0) is 36.4 Å². The minimum atomic E-state index is -0.253. The van der Waals surface area contributed by atoms with Gasteiger partial charge in [-0.2, -0.15) is 5.10 Å². The van der Waals surface area contributed by atoms with Crippen molar-refractivity contribution in [3.8, 4) is 11.5 Å². The molecule has 6 nitrogen and oxygen atoms in total. The summed E-state index contributed by atoms with van der Waals surface area (Å²) in [6.07, 6.45) is 3.21. The maximum absolute atomic E-state index is 11.8. The predicted molar refractivity (Wildman–Crippen MR) is 99.4 cm³/mol. The highest BCUT2D eigenvalue weighted by atomic mass is 16.5. The van der Waals surface area contributed by atoms with E-state index in [0.717, 1.165) is 17.0 Å². The van der Waals surface area contributed by atoms with Crippen LogP contribution in [0.4, 0.5) is 5.69 Å². The van der Waals surface area contributed by atoms with Gasteiger partial charge in [-0.1, -0.05) is 24.8 Å². The monoisotopic (exact) mass is 339 g/mol. The zero-order valence-electron chi connectivity index (χ0n) is 14.1. The van der Waals surface area contributed by atoms with Gasteiger partial charge in [0.15, 0.2) is 0 Å². The lowest BCUT2D eigenvalue weighted by molar-refractivity contribution is -0.119. The van der Waals surface area contributed by atoms with Gasteiger partial charge in [0.1, 0.15) is 18.1 Å². The van der Waals surface area contributed by atoms with Crippen LogP contribution in [0.25, 0.3) is 0 Å². The van der Waals surface area contributed by atoms with Gasteiger partial charge >= 0.3 is 0 Å². The zero-order valence-corrected chi connectivity index (χ0v) is 14.1. The minimum absolute atomic E-state index is 0.109. The summed E-state index contributed by atoms with van der Waals surface area (Å²) in [5, 5.41) is 6.97. The van der Waals surface area contributed by atoms with Crippen molar-refractivity contribution in [2.45, 2.75) is 0 Å². The topological polar surface area (TPSA) is 72.0 Å². The van der Waals surface area contributed by atoms with Crippen molar-refractivity contribution in [3.05, 3.63) is 66.7 Å². The van der Waals surface area contributed by atoms with Crippen LogP contribution in [-0.2, 0) is 4.79 Å². The number of hydrogen-bond donors (Lipinski definition) is 2. The highest BCUT2D eigenvalue weighted by Gasteiger charge is 2.02. The number of para-hydroxylation sites is 1. The van der Waals surface area contributed by atoms with Crippen molar-refractivity contribution >= 4 is 17.8 Å². The fourth-order valence-electron chi connectivity index (χ4n) is 1.97. The van der Waals surface area contributed by atoms with Crippen LogP contribution < -0.4 is 20.2 Å². The van der Waals surface area contributed by atoms with Gasteiger partial charge in [0.05, 0.1) is 19.9 Å². The Balaban J connectivity index is 1.82. The van der Waals surface area contributed by atoms with Crippen molar-refractivity contribution in [1.29, 1.82) is 0 Å². The smallest absolute Gasteiger partial charge is 0.259 e. The molecule has 0 aromatic heterocycles. The number of nitrogens with one attached hydrogen (secondary N) is 2. The van der Waals surface area contributed by atoms with Crippen LogP contribution in [-0.4, -0.2) is 32.4 Å². The molecule has 1 amide bonds. The van der Waals surface area contributed by atoms with Gasteiger partial charge < -0.3 is 14.8 Å². The first-order valence-electron chi connectivity index (χ1n) is 7.75. The highest BCUT2D eigenvalue weighted by Crippen LogP contribution is 2.16. The first-order valence-corrected chi connectivity index (χ1v) is 7.75. The molecule has 0 fully saturated rings. The van der Waals surface area contributed by atoms with Crippen LogP contribution in [0.5, 0.6) is 11.5 Å². The molecule has 0 radical (unpaired) electrons. The van der Waals surface area contributed by atoms with Gasteiger partial charge in [0.2, 0.25) is 0 Å². The van der Waals surface area contributed by atoms with Crippen molar-refractivity contribution in [1.82, 2.24) is 5.43 Å². The van der Waals surface area contributed by atoms with E-state index in [-0.39, 0.29) is 12.5 Å². The highest BCUT2D eigenvalue weighted by molar-refractivity contribution is 5.86. The van der Waals surface area contributed by atoms with Crippen molar-refractivity contribution in [2.75, 3.05) is 25.6 Å². The summed E-state index contributed by atoms with van der Waals surface area (Å²) < 4.78 is 10.6. The number of hydrazone groups is 1. The van der Waals surface area contributed by atoms with E-state index in [2.05, 4.69) is 22.4 Å². The molecule has 25 heavy (non-hydrogen) atoms. The van der Waals surface area contributed by atoms with E-state index >= 15 is 0 Å². The number of nitrogens with zero attached hydrogens (tertiary/aromatic N) is 1.